The smallest absolute Gasteiger partial charge is 0.0753 e. The first-order chi connectivity index (χ1) is 7.98. The molecule has 0 atom stereocenters. The number of nitrogens with zero attached hydrogens (tertiary/aromatic N) is 1. The third-order valence-electron chi connectivity index (χ3n) is 3.04. The van der Waals surface area contributed by atoms with Crippen LogP contribution < -0.4 is 5.73 Å². The van der Waals surface area contributed by atoms with Crippen molar-refractivity contribution in [1.82, 2.24) is 4.90 Å². The van der Waals surface area contributed by atoms with Crippen LogP contribution in [0.4, 0.5) is 5.69 Å². The fourth-order valence-corrected chi connectivity index (χ4v) is 2.72. The number of anilines is 1. The van der Waals surface area contributed by atoms with Gasteiger partial charge in [-0.25, -0.2) is 0 Å². The van der Waals surface area contributed by atoms with Crippen molar-refractivity contribution >= 4 is 21.6 Å². The minimum atomic E-state index is -0.0612. The number of nitrogens with two attached hydrogens (primary N) is 1. The first kappa shape index (κ1) is 12.9. The van der Waals surface area contributed by atoms with Crippen LogP contribution in [0.1, 0.15) is 19.4 Å². The lowest BCUT2D eigenvalue weighted by molar-refractivity contribution is -0.0882. The zero-order valence-corrected chi connectivity index (χ0v) is 12.0. The normalized spacial score (nSPS) is 20.4. The average molecular weight is 299 g/mol. The number of ether oxygens (including phenoxy) is 1. The summed E-state index contributed by atoms with van der Waals surface area (Å²) in [6.45, 7) is 7.82. The predicted molar refractivity (Wildman–Crippen MR) is 73.9 cm³/mol. The zero-order chi connectivity index (χ0) is 12.5. The number of benzene rings is 1. The van der Waals surface area contributed by atoms with Crippen molar-refractivity contribution in [2.75, 3.05) is 25.4 Å². The summed E-state index contributed by atoms with van der Waals surface area (Å²) in [4.78, 5) is 2.39. The van der Waals surface area contributed by atoms with Crippen molar-refractivity contribution in [2.24, 2.45) is 0 Å². The standard InChI is InChI=1S/C13H19BrN2O/c1-13(2)9-16(6-7-17-13)8-10-11(14)4-3-5-12(10)15/h3-5H,6-9,15H2,1-2H3. The lowest BCUT2D eigenvalue weighted by atomic mass is 10.1. The van der Waals surface area contributed by atoms with E-state index in [1.54, 1.807) is 0 Å². The van der Waals surface area contributed by atoms with Crippen LogP contribution in [-0.2, 0) is 11.3 Å². The molecule has 0 aromatic heterocycles. The molecule has 0 saturated carbocycles. The summed E-state index contributed by atoms with van der Waals surface area (Å²) in [7, 11) is 0. The Morgan fingerprint density at radius 1 is 1.47 bits per heavy atom. The zero-order valence-electron chi connectivity index (χ0n) is 10.4. The highest BCUT2D eigenvalue weighted by atomic mass is 79.9. The fourth-order valence-electron chi connectivity index (χ4n) is 2.21. The lowest BCUT2D eigenvalue weighted by Crippen LogP contribution is -2.47. The van der Waals surface area contributed by atoms with Gasteiger partial charge in [-0.3, -0.25) is 4.90 Å². The SMILES string of the molecule is CC1(C)CN(Cc2c(N)cccc2Br)CCO1. The van der Waals surface area contributed by atoms with Gasteiger partial charge in [0.1, 0.15) is 0 Å². The molecule has 0 amide bonds. The second kappa shape index (κ2) is 4.96. The van der Waals surface area contributed by atoms with E-state index in [9.17, 15) is 0 Å². The maximum atomic E-state index is 6.02. The minimum Gasteiger partial charge on any atom is -0.398 e. The van der Waals surface area contributed by atoms with Crippen molar-refractivity contribution in [1.29, 1.82) is 0 Å². The van der Waals surface area contributed by atoms with Gasteiger partial charge in [-0.2, -0.15) is 0 Å². The number of hydrogen-bond acceptors (Lipinski definition) is 3. The Bertz CT molecular complexity index is 386. The quantitative estimate of drug-likeness (QED) is 0.853. The third-order valence-corrected chi connectivity index (χ3v) is 3.78. The van der Waals surface area contributed by atoms with Gasteiger partial charge in [0.2, 0.25) is 0 Å². The fraction of sp³-hybridized carbons (Fsp3) is 0.538. The third kappa shape index (κ3) is 3.21. The van der Waals surface area contributed by atoms with Gasteiger partial charge in [0.05, 0.1) is 12.2 Å². The molecule has 94 valence electrons. The maximum absolute atomic E-state index is 6.02. The highest BCUT2D eigenvalue weighted by molar-refractivity contribution is 9.10. The number of halogens is 1. The Morgan fingerprint density at radius 2 is 2.24 bits per heavy atom. The molecule has 0 unspecified atom stereocenters. The predicted octanol–water partition coefficient (Wildman–Crippen LogP) is 2.64. The van der Waals surface area contributed by atoms with Gasteiger partial charge in [-0.1, -0.05) is 22.0 Å². The average Bonchev–Trinajstić information content (AvgIpc) is 2.22. The van der Waals surface area contributed by atoms with Crippen molar-refractivity contribution in [3.63, 3.8) is 0 Å². The van der Waals surface area contributed by atoms with E-state index in [0.717, 1.165) is 36.4 Å². The molecule has 1 aliphatic rings. The second-order valence-corrected chi connectivity index (χ2v) is 5.98. The van der Waals surface area contributed by atoms with Crippen LogP contribution in [0.2, 0.25) is 0 Å². The van der Waals surface area contributed by atoms with Crippen LogP contribution in [0.5, 0.6) is 0 Å². The van der Waals surface area contributed by atoms with Crippen molar-refractivity contribution in [3.05, 3.63) is 28.2 Å². The van der Waals surface area contributed by atoms with Crippen molar-refractivity contribution < 1.29 is 4.74 Å². The summed E-state index contributed by atoms with van der Waals surface area (Å²) in [5, 5.41) is 0. The molecule has 0 aliphatic carbocycles. The van der Waals surface area contributed by atoms with Gasteiger partial charge < -0.3 is 10.5 Å². The number of rotatable bonds is 2. The summed E-state index contributed by atoms with van der Waals surface area (Å²) >= 11 is 3.56. The van der Waals surface area contributed by atoms with E-state index in [4.69, 9.17) is 10.5 Å². The molecule has 1 aromatic carbocycles. The van der Waals surface area contributed by atoms with Crippen LogP contribution in [0, 0.1) is 0 Å². The van der Waals surface area contributed by atoms with Gasteiger partial charge >= 0.3 is 0 Å². The molecule has 2 N–H and O–H groups in total. The van der Waals surface area contributed by atoms with Gasteiger partial charge in [-0.15, -0.1) is 0 Å². The molecule has 0 spiro atoms. The Kier molecular flexibility index (Phi) is 3.76. The van der Waals surface area contributed by atoms with Gasteiger partial charge in [0, 0.05) is 35.4 Å². The number of hydrogen-bond donors (Lipinski definition) is 1. The van der Waals surface area contributed by atoms with Gasteiger partial charge in [0.15, 0.2) is 0 Å². The van der Waals surface area contributed by atoms with Crippen LogP contribution in [0.3, 0.4) is 0 Å². The largest absolute Gasteiger partial charge is 0.398 e. The molecule has 1 fully saturated rings. The molecule has 0 radical (unpaired) electrons. The summed E-state index contributed by atoms with van der Waals surface area (Å²) < 4.78 is 6.79. The molecule has 17 heavy (non-hydrogen) atoms. The molecule has 2 rings (SSSR count). The first-order valence-electron chi connectivity index (χ1n) is 5.87. The van der Waals surface area contributed by atoms with Crippen LogP contribution in [0.25, 0.3) is 0 Å². The number of nitrogen functional groups attached to an aromatic ring is 1. The topological polar surface area (TPSA) is 38.5 Å². The Labute approximate surface area is 111 Å². The highest BCUT2D eigenvalue weighted by Crippen LogP contribution is 2.26. The van der Waals surface area contributed by atoms with Crippen molar-refractivity contribution in [2.45, 2.75) is 26.0 Å². The van der Waals surface area contributed by atoms with E-state index in [0.29, 0.717) is 0 Å². The van der Waals surface area contributed by atoms with E-state index in [1.165, 1.54) is 5.56 Å². The van der Waals surface area contributed by atoms with E-state index in [2.05, 4.69) is 34.7 Å². The van der Waals surface area contributed by atoms with Crippen LogP contribution in [0.15, 0.2) is 22.7 Å². The Hall–Kier alpha value is -0.580. The number of morpholine rings is 1. The molecule has 1 aromatic rings. The van der Waals surface area contributed by atoms with Crippen molar-refractivity contribution in [3.8, 4) is 0 Å². The van der Waals surface area contributed by atoms with Crippen LogP contribution in [-0.4, -0.2) is 30.2 Å². The molecule has 1 aliphatic heterocycles. The molecule has 1 heterocycles. The molecular formula is C13H19BrN2O. The molecule has 1 saturated heterocycles. The van der Waals surface area contributed by atoms with E-state index < -0.39 is 0 Å². The monoisotopic (exact) mass is 298 g/mol. The van der Waals surface area contributed by atoms with E-state index >= 15 is 0 Å². The second-order valence-electron chi connectivity index (χ2n) is 5.13. The Balaban J connectivity index is 2.10. The molecule has 4 heteroatoms. The molecule has 0 bridgehead atoms. The van der Waals surface area contributed by atoms with Crippen LogP contribution >= 0.6 is 15.9 Å². The highest BCUT2D eigenvalue weighted by Gasteiger charge is 2.27. The first-order valence-corrected chi connectivity index (χ1v) is 6.66. The Morgan fingerprint density at radius 3 is 2.88 bits per heavy atom. The minimum absolute atomic E-state index is 0.0612. The summed E-state index contributed by atoms with van der Waals surface area (Å²) in [6, 6.07) is 5.95. The summed E-state index contributed by atoms with van der Waals surface area (Å²) in [6.07, 6.45) is 0. The van der Waals surface area contributed by atoms with E-state index in [1.807, 2.05) is 18.2 Å². The van der Waals surface area contributed by atoms with Gasteiger partial charge in [0.25, 0.3) is 0 Å². The molecule has 3 nitrogen and oxygen atoms in total. The molecular weight excluding hydrogens is 280 g/mol. The lowest BCUT2D eigenvalue weighted by Gasteiger charge is -2.38. The maximum Gasteiger partial charge on any atom is 0.0753 e. The summed E-state index contributed by atoms with van der Waals surface area (Å²) in [5.74, 6) is 0. The van der Waals surface area contributed by atoms with Gasteiger partial charge in [-0.05, 0) is 26.0 Å². The van der Waals surface area contributed by atoms with E-state index in [-0.39, 0.29) is 5.60 Å². The summed E-state index contributed by atoms with van der Waals surface area (Å²) in [5.41, 5.74) is 7.98.